The summed E-state index contributed by atoms with van der Waals surface area (Å²) in [6.45, 7) is 9.88. The summed E-state index contributed by atoms with van der Waals surface area (Å²) in [5, 5.41) is 6.46. The molecule has 2 aromatic rings. The molecule has 2 aromatic carbocycles. The second kappa shape index (κ2) is 12.5. The van der Waals surface area contributed by atoms with Crippen molar-refractivity contribution in [3.05, 3.63) is 58.7 Å². The van der Waals surface area contributed by atoms with Crippen LogP contribution in [0.2, 0.25) is 0 Å². The topological polar surface area (TPSA) is 111 Å². The molecule has 0 saturated heterocycles. The Bertz CT molecular complexity index is 1350. The number of hydrogen-bond donors (Lipinski definition) is 2. The van der Waals surface area contributed by atoms with Crippen LogP contribution in [0.3, 0.4) is 0 Å². The zero-order chi connectivity index (χ0) is 30.1. The number of benzene rings is 2. The van der Waals surface area contributed by atoms with E-state index in [1.165, 1.54) is 0 Å². The third kappa shape index (κ3) is 6.50. The van der Waals surface area contributed by atoms with Crippen molar-refractivity contribution in [2.24, 2.45) is 23.7 Å². The van der Waals surface area contributed by atoms with Gasteiger partial charge in [0.1, 0.15) is 6.04 Å². The fraction of sp³-hybridized carbons (Fsp3) is 0.529. The molecule has 8 heteroatoms. The molecule has 0 bridgehead atoms. The molecule has 0 aliphatic heterocycles. The number of Topliss-reactive ketones (excluding diaryl/α,β-unsaturated/α-hetero) is 2. The molecule has 3 aliphatic carbocycles. The minimum Gasteiger partial charge on any atom is -0.456 e. The summed E-state index contributed by atoms with van der Waals surface area (Å²) in [5.41, 5.74) is 5.20. The Morgan fingerprint density at radius 1 is 0.786 bits per heavy atom. The van der Waals surface area contributed by atoms with E-state index in [2.05, 4.69) is 38.3 Å². The van der Waals surface area contributed by atoms with Gasteiger partial charge in [-0.3, -0.25) is 19.2 Å². The number of ether oxygens (including phenoxy) is 2. The molecule has 2 fully saturated rings. The molecule has 224 valence electrons. The number of hydrogen-bond acceptors (Lipinski definition) is 8. The molecule has 0 spiro atoms. The molecule has 0 radical (unpaired) electrons. The zero-order valence-electron chi connectivity index (χ0n) is 25.2. The number of carbonyl (C=O) groups excluding carboxylic acids is 4. The molecule has 0 amide bonds. The molecule has 2 N–H and O–H groups in total. The Morgan fingerprint density at radius 2 is 1.40 bits per heavy atom. The number of ketones is 2. The van der Waals surface area contributed by atoms with Gasteiger partial charge in [-0.15, -0.1) is 0 Å². The van der Waals surface area contributed by atoms with Gasteiger partial charge in [0.25, 0.3) is 0 Å². The first kappa shape index (κ1) is 30.1. The largest absolute Gasteiger partial charge is 0.456 e. The Balaban J connectivity index is 1.15. The highest BCUT2D eigenvalue weighted by atomic mass is 16.5. The summed E-state index contributed by atoms with van der Waals surface area (Å²) < 4.78 is 10.6. The Kier molecular flexibility index (Phi) is 8.94. The van der Waals surface area contributed by atoms with Crippen molar-refractivity contribution in [3.8, 4) is 11.1 Å². The summed E-state index contributed by atoms with van der Waals surface area (Å²) in [5.74, 6) is 0.892. The molecular weight excluding hydrogens is 532 g/mol. The normalized spacial score (nSPS) is 26.2. The van der Waals surface area contributed by atoms with E-state index in [9.17, 15) is 19.2 Å². The standard InChI is InChI=1S/C34H42N2O6/c1-18-19(2)32(18)35-15-31(39)41-17-30(38)28-14-13-25(26-7-6-8-27(26)28)23-9-11-24(12-10-23)29(37)16-42-34(40)22(5)36-33-20(3)21(33)4/h9-14,18-22,32-33,35-36H,6-8,15-17H2,1-5H3. The first-order valence-corrected chi connectivity index (χ1v) is 15.2. The van der Waals surface area contributed by atoms with Gasteiger partial charge in [0.2, 0.25) is 5.78 Å². The van der Waals surface area contributed by atoms with E-state index >= 15 is 0 Å². The van der Waals surface area contributed by atoms with Crippen LogP contribution in [0, 0.1) is 23.7 Å². The minimum absolute atomic E-state index is 0.111. The minimum atomic E-state index is -0.459. The lowest BCUT2D eigenvalue weighted by Crippen LogP contribution is -2.38. The van der Waals surface area contributed by atoms with Crippen molar-refractivity contribution >= 4 is 23.5 Å². The summed E-state index contributed by atoms with van der Waals surface area (Å²) in [6.07, 6.45) is 2.60. The average Bonchev–Trinajstić information content (AvgIpc) is 3.62. The number of carbonyl (C=O) groups is 4. The molecule has 5 unspecified atom stereocenters. The quantitative estimate of drug-likeness (QED) is 0.271. The van der Waals surface area contributed by atoms with Gasteiger partial charge in [0.15, 0.2) is 19.0 Å². The van der Waals surface area contributed by atoms with Crippen LogP contribution in [0.25, 0.3) is 11.1 Å². The molecular formula is C34H42N2O6. The number of esters is 2. The van der Waals surface area contributed by atoms with Gasteiger partial charge >= 0.3 is 11.9 Å². The second-order valence-corrected chi connectivity index (χ2v) is 12.4. The summed E-state index contributed by atoms with van der Waals surface area (Å²) in [6, 6.07) is 11.2. The number of nitrogens with one attached hydrogen (secondary N) is 2. The van der Waals surface area contributed by atoms with Crippen molar-refractivity contribution in [1.82, 2.24) is 10.6 Å². The van der Waals surface area contributed by atoms with Crippen LogP contribution in [0.5, 0.6) is 0 Å². The van der Waals surface area contributed by atoms with E-state index < -0.39 is 18.0 Å². The third-order valence-electron chi connectivity index (χ3n) is 9.73. The number of fused-ring (bicyclic) bond motifs is 1. The Labute approximate surface area is 247 Å². The first-order valence-electron chi connectivity index (χ1n) is 15.2. The predicted octanol–water partition coefficient (Wildman–Crippen LogP) is 4.17. The van der Waals surface area contributed by atoms with Crippen LogP contribution in [0.1, 0.15) is 72.9 Å². The molecule has 2 saturated carbocycles. The van der Waals surface area contributed by atoms with Crippen LogP contribution in [-0.4, -0.2) is 61.4 Å². The van der Waals surface area contributed by atoms with Crippen molar-refractivity contribution in [3.63, 3.8) is 0 Å². The second-order valence-electron chi connectivity index (χ2n) is 12.4. The van der Waals surface area contributed by atoms with Crippen LogP contribution in [-0.2, 0) is 31.9 Å². The summed E-state index contributed by atoms with van der Waals surface area (Å²) in [7, 11) is 0. The van der Waals surface area contributed by atoms with Crippen LogP contribution >= 0.6 is 0 Å². The van der Waals surface area contributed by atoms with Crippen LogP contribution in [0.4, 0.5) is 0 Å². The zero-order valence-corrected chi connectivity index (χ0v) is 25.2. The van der Waals surface area contributed by atoms with E-state index in [0.717, 1.165) is 41.5 Å². The molecule has 0 heterocycles. The predicted molar refractivity (Wildman–Crippen MR) is 159 cm³/mol. The monoisotopic (exact) mass is 574 g/mol. The van der Waals surface area contributed by atoms with Gasteiger partial charge in [0.05, 0.1) is 6.54 Å². The highest BCUT2D eigenvalue weighted by Gasteiger charge is 2.44. The third-order valence-corrected chi connectivity index (χ3v) is 9.73. The number of rotatable bonds is 13. The maximum Gasteiger partial charge on any atom is 0.323 e. The van der Waals surface area contributed by atoms with Gasteiger partial charge in [-0.1, -0.05) is 64.1 Å². The van der Waals surface area contributed by atoms with E-state index in [4.69, 9.17) is 9.47 Å². The van der Waals surface area contributed by atoms with E-state index in [1.807, 2.05) is 24.3 Å². The van der Waals surface area contributed by atoms with E-state index in [0.29, 0.717) is 46.9 Å². The van der Waals surface area contributed by atoms with Crippen molar-refractivity contribution in [2.45, 2.75) is 72.0 Å². The van der Waals surface area contributed by atoms with Crippen LogP contribution < -0.4 is 10.6 Å². The van der Waals surface area contributed by atoms with Gasteiger partial charge in [0, 0.05) is 23.2 Å². The van der Waals surface area contributed by atoms with Gasteiger partial charge in [-0.05, 0) is 72.1 Å². The molecule has 5 atom stereocenters. The fourth-order valence-corrected chi connectivity index (χ4v) is 6.25. The van der Waals surface area contributed by atoms with E-state index in [1.54, 1.807) is 19.1 Å². The van der Waals surface area contributed by atoms with Crippen molar-refractivity contribution in [2.75, 3.05) is 19.8 Å². The highest BCUT2D eigenvalue weighted by Crippen LogP contribution is 2.38. The Hall–Kier alpha value is -3.36. The van der Waals surface area contributed by atoms with Crippen molar-refractivity contribution < 1.29 is 28.7 Å². The van der Waals surface area contributed by atoms with E-state index in [-0.39, 0.29) is 31.3 Å². The SMILES string of the molecule is CC(NC1C(C)C1C)C(=O)OCC(=O)c1ccc(-c2ccc(C(=O)COC(=O)CNC3C(C)C3C)c3c2CCC3)cc1. The molecule has 5 rings (SSSR count). The van der Waals surface area contributed by atoms with Gasteiger partial charge < -0.3 is 20.1 Å². The first-order chi connectivity index (χ1) is 20.1. The van der Waals surface area contributed by atoms with Gasteiger partial charge in [-0.25, -0.2) is 0 Å². The summed E-state index contributed by atoms with van der Waals surface area (Å²) in [4.78, 5) is 50.2. The maximum absolute atomic E-state index is 13.0. The molecule has 3 aliphatic rings. The van der Waals surface area contributed by atoms with Gasteiger partial charge in [-0.2, -0.15) is 0 Å². The highest BCUT2D eigenvalue weighted by molar-refractivity contribution is 6.01. The smallest absolute Gasteiger partial charge is 0.323 e. The lowest BCUT2D eigenvalue weighted by molar-refractivity contribution is -0.144. The summed E-state index contributed by atoms with van der Waals surface area (Å²) >= 11 is 0. The molecule has 0 aromatic heterocycles. The molecule has 42 heavy (non-hydrogen) atoms. The maximum atomic E-state index is 13.0. The fourth-order valence-electron chi connectivity index (χ4n) is 6.25. The molecule has 8 nitrogen and oxygen atoms in total. The van der Waals surface area contributed by atoms with Crippen molar-refractivity contribution in [1.29, 1.82) is 0 Å². The van der Waals surface area contributed by atoms with Crippen LogP contribution in [0.15, 0.2) is 36.4 Å². The Morgan fingerprint density at radius 3 is 2.05 bits per heavy atom. The average molecular weight is 575 g/mol. The lowest BCUT2D eigenvalue weighted by atomic mass is 9.91. The lowest BCUT2D eigenvalue weighted by Gasteiger charge is -2.14.